The van der Waals surface area contributed by atoms with E-state index in [9.17, 15) is 0 Å². The molecule has 2 saturated heterocycles. The third-order valence-electron chi connectivity index (χ3n) is 6.11. The zero-order valence-corrected chi connectivity index (χ0v) is 17.6. The van der Waals surface area contributed by atoms with Crippen LogP contribution in [0.1, 0.15) is 30.3 Å². The molecule has 0 radical (unpaired) electrons. The minimum Gasteiger partial charge on any atom is -0.493 e. The molecular weight excluding hydrogens is 372 g/mol. The Morgan fingerprint density at radius 2 is 1.97 bits per heavy atom. The lowest BCUT2D eigenvalue weighted by Crippen LogP contribution is -3.27. The lowest BCUT2D eigenvalue weighted by Gasteiger charge is -2.33. The second-order valence-corrected chi connectivity index (χ2v) is 8.02. The van der Waals surface area contributed by atoms with E-state index in [2.05, 4.69) is 34.7 Å². The predicted octanol–water partition coefficient (Wildman–Crippen LogP) is -1.63. The maximum atomic E-state index is 5.83. The van der Waals surface area contributed by atoms with E-state index in [-0.39, 0.29) is 12.1 Å². The zero-order valence-electron chi connectivity index (χ0n) is 17.6. The number of piperazine rings is 1. The van der Waals surface area contributed by atoms with E-state index in [1.165, 1.54) is 4.90 Å². The fourth-order valence-electron chi connectivity index (χ4n) is 4.42. The van der Waals surface area contributed by atoms with Gasteiger partial charge in [-0.3, -0.25) is 0 Å². The normalized spacial score (nSPS) is 25.7. The third-order valence-corrected chi connectivity index (χ3v) is 6.11. The van der Waals surface area contributed by atoms with Gasteiger partial charge in [-0.1, -0.05) is 0 Å². The first kappa shape index (κ1) is 20.1. The number of likely N-dealkylation sites (N-methyl/N-ethyl adjacent to an activating group) is 1. The Bertz CT molecular complexity index is 799. The zero-order chi connectivity index (χ0) is 20.2. The summed E-state index contributed by atoms with van der Waals surface area (Å²) >= 11 is 0. The van der Waals surface area contributed by atoms with Crippen molar-refractivity contribution in [1.29, 1.82) is 0 Å². The Morgan fingerprint density at radius 1 is 1.17 bits per heavy atom. The Kier molecular flexibility index (Phi) is 6.27. The molecule has 0 unspecified atom stereocenters. The van der Waals surface area contributed by atoms with Gasteiger partial charge in [0.2, 0.25) is 5.82 Å². The van der Waals surface area contributed by atoms with Crippen molar-refractivity contribution < 1.29 is 24.0 Å². The highest BCUT2D eigenvalue weighted by molar-refractivity contribution is 5.44. The molecule has 2 atom stereocenters. The highest BCUT2D eigenvalue weighted by Crippen LogP contribution is 2.31. The Morgan fingerprint density at radius 3 is 2.66 bits per heavy atom. The molecule has 0 aliphatic carbocycles. The number of nitrogens with one attached hydrogen (secondary N) is 2. The summed E-state index contributed by atoms with van der Waals surface area (Å²) in [6.45, 7) is 5.92. The van der Waals surface area contributed by atoms with E-state index in [1.807, 2.05) is 10.7 Å². The SMILES string of the molecule is COc1ccc([C@@H](c2nnnn2C[C@H]2CCCO2)[NH+]2CC[NH+](C)CC2)cc1OC. The molecule has 29 heavy (non-hydrogen) atoms. The molecule has 158 valence electrons. The molecule has 0 saturated carbocycles. The Hall–Kier alpha value is -2.23. The molecule has 1 aromatic heterocycles. The van der Waals surface area contributed by atoms with Crippen molar-refractivity contribution in [2.75, 3.05) is 54.1 Å². The standard InChI is InChI=1S/C20H30N6O3/c1-24-8-10-25(11-9-24)19(15-6-7-17(27-2)18(13-15)28-3)20-21-22-23-26(20)14-16-5-4-12-29-16/h6-7,13,16,19H,4-5,8-12,14H2,1-3H3/p+2/t16-,19+/m1/s1. The molecule has 2 aliphatic rings. The Labute approximate surface area is 171 Å². The van der Waals surface area contributed by atoms with Crippen LogP contribution in [0.15, 0.2) is 18.2 Å². The van der Waals surface area contributed by atoms with Gasteiger partial charge in [0, 0.05) is 12.2 Å². The first-order valence-corrected chi connectivity index (χ1v) is 10.4. The molecule has 9 nitrogen and oxygen atoms in total. The molecule has 4 rings (SSSR count). The van der Waals surface area contributed by atoms with Crippen molar-refractivity contribution >= 4 is 0 Å². The number of hydrogen-bond acceptors (Lipinski definition) is 6. The summed E-state index contributed by atoms with van der Waals surface area (Å²) in [5, 5.41) is 12.8. The van der Waals surface area contributed by atoms with Crippen LogP contribution in [0.4, 0.5) is 0 Å². The van der Waals surface area contributed by atoms with Crippen LogP contribution in [0, 0.1) is 0 Å². The highest BCUT2D eigenvalue weighted by Gasteiger charge is 2.36. The summed E-state index contributed by atoms with van der Waals surface area (Å²) < 4.78 is 18.8. The number of benzene rings is 1. The molecule has 2 aromatic rings. The first-order chi connectivity index (χ1) is 14.2. The van der Waals surface area contributed by atoms with Crippen LogP contribution in [0.2, 0.25) is 0 Å². The summed E-state index contributed by atoms with van der Waals surface area (Å²) in [4.78, 5) is 3.05. The molecule has 3 heterocycles. The number of nitrogens with zero attached hydrogens (tertiary/aromatic N) is 4. The molecular formula is C20H32N6O3+2. The number of ether oxygens (including phenoxy) is 3. The van der Waals surface area contributed by atoms with Crippen LogP contribution in [-0.4, -0.2) is 80.4 Å². The van der Waals surface area contributed by atoms with Gasteiger partial charge >= 0.3 is 0 Å². The predicted molar refractivity (Wildman–Crippen MR) is 105 cm³/mol. The van der Waals surface area contributed by atoms with Gasteiger partial charge in [-0.15, -0.1) is 5.10 Å². The molecule has 0 bridgehead atoms. The number of quaternary nitrogens is 2. The molecule has 1 aromatic carbocycles. The van der Waals surface area contributed by atoms with Crippen LogP contribution in [0.5, 0.6) is 11.5 Å². The van der Waals surface area contributed by atoms with Gasteiger partial charge < -0.3 is 24.0 Å². The quantitative estimate of drug-likeness (QED) is 0.577. The van der Waals surface area contributed by atoms with Crippen molar-refractivity contribution in [3.63, 3.8) is 0 Å². The van der Waals surface area contributed by atoms with E-state index in [0.29, 0.717) is 6.54 Å². The van der Waals surface area contributed by atoms with Crippen LogP contribution in [0.3, 0.4) is 0 Å². The first-order valence-electron chi connectivity index (χ1n) is 10.4. The van der Waals surface area contributed by atoms with Crippen molar-refractivity contribution in [3.8, 4) is 11.5 Å². The topological polar surface area (TPSA) is 80.2 Å². The number of aromatic nitrogens is 4. The molecule has 2 fully saturated rings. The fraction of sp³-hybridized carbons (Fsp3) is 0.650. The maximum absolute atomic E-state index is 5.83. The van der Waals surface area contributed by atoms with Crippen LogP contribution in [0.25, 0.3) is 0 Å². The number of tetrazole rings is 1. The van der Waals surface area contributed by atoms with E-state index in [0.717, 1.165) is 68.5 Å². The second kappa shape index (κ2) is 9.06. The van der Waals surface area contributed by atoms with Crippen molar-refractivity contribution in [3.05, 3.63) is 29.6 Å². The van der Waals surface area contributed by atoms with Gasteiger partial charge in [0.15, 0.2) is 17.5 Å². The van der Waals surface area contributed by atoms with E-state index in [1.54, 1.807) is 19.1 Å². The van der Waals surface area contributed by atoms with Crippen LogP contribution < -0.4 is 19.3 Å². The van der Waals surface area contributed by atoms with E-state index >= 15 is 0 Å². The maximum Gasteiger partial charge on any atom is 0.214 e. The summed E-state index contributed by atoms with van der Waals surface area (Å²) in [6, 6.07) is 6.18. The summed E-state index contributed by atoms with van der Waals surface area (Å²) in [6.07, 6.45) is 2.36. The van der Waals surface area contributed by atoms with Gasteiger partial charge in [0.05, 0.1) is 33.9 Å². The van der Waals surface area contributed by atoms with Crippen LogP contribution in [-0.2, 0) is 11.3 Å². The van der Waals surface area contributed by atoms with Gasteiger partial charge in [-0.05, 0) is 41.5 Å². The molecule has 2 aliphatic heterocycles. The number of methoxy groups -OCH3 is 2. The van der Waals surface area contributed by atoms with Crippen molar-refractivity contribution in [2.45, 2.75) is 31.5 Å². The largest absolute Gasteiger partial charge is 0.493 e. The lowest BCUT2D eigenvalue weighted by molar-refractivity contribution is -1.02. The lowest BCUT2D eigenvalue weighted by atomic mass is 10.0. The van der Waals surface area contributed by atoms with E-state index in [4.69, 9.17) is 14.2 Å². The molecule has 2 N–H and O–H groups in total. The summed E-state index contributed by atoms with van der Waals surface area (Å²) in [5.74, 6) is 2.35. The van der Waals surface area contributed by atoms with Gasteiger partial charge in [-0.25, -0.2) is 4.68 Å². The second-order valence-electron chi connectivity index (χ2n) is 8.02. The smallest absolute Gasteiger partial charge is 0.214 e. The monoisotopic (exact) mass is 404 g/mol. The van der Waals surface area contributed by atoms with Gasteiger partial charge in [-0.2, -0.15) is 0 Å². The average Bonchev–Trinajstić information content (AvgIpc) is 3.42. The van der Waals surface area contributed by atoms with Gasteiger partial charge in [0.25, 0.3) is 0 Å². The van der Waals surface area contributed by atoms with Crippen molar-refractivity contribution in [1.82, 2.24) is 20.2 Å². The minimum atomic E-state index is 0.0410. The van der Waals surface area contributed by atoms with Crippen LogP contribution >= 0.6 is 0 Å². The highest BCUT2D eigenvalue weighted by atomic mass is 16.5. The minimum absolute atomic E-state index is 0.0410. The molecule has 0 amide bonds. The average molecular weight is 405 g/mol. The third kappa shape index (κ3) is 4.36. The summed E-state index contributed by atoms with van der Waals surface area (Å²) in [5.41, 5.74) is 1.14. The number of rotatable bonds is 7. The molecule has 9 heteroatoms. The van der Waals surface area contributed by atoms with Gasteiger partial charge in [0.1, 0.15) is 26.2 Å². The van der Waals surface area contributed by atoms with E-state index < -0.39 is 0 Å². The fourth-order valence-corrected chi connectivity index (χ4v) is 4.42. The number of hydrogen-bond donors (Lipinski definition) is 2. The summed E-state index contributed by atoms with van der Waals surface area (Å²) in [7, 11) is 5.58. The molecule has 0 spiro atoms. The van der Waals surface area contributed by atoms with Crippen molar-refractivity contribution in [2.24, 2.45) is 0 Å². The Balaban J connectivity index is 1.69.